The van der Waals surface area contributed by atoms with Crippen LogP contribution in [0, 0.1) is 0 Å². The number of nitrogens with two attached hydrogens (primary N) is 1. The van der Waals surface area contributed by atoms with Crippen molar-refractivity contribution in [2.24, 2.45) is 5.73 Å². The van der Waals surface area contributed by atoms with Crippen LogP contribution in [0.1, 0.15) is 25.7 Å². The van der Waals surface area contributed by atoms with Gasteiger partial charge in [0.05, 0.1) is 11.3 Å². The smallest absolute Gasteiger partial charge is 0.216 e. The van der Waals surface area contributed by atoms with Crippen LogP contribution in [0.4, 0.5) is 0 Å². The Bertz CT molecular complexity index is 306. The van der Waals surface area contributed by atoms with Crippen LogP contribution < -0.4 is 5.73 Å². The summed E-state index contributed by atoms with van der Waals surface area (Å²) in [7, 11) is -1.38. The molecule has 0 aromatic rings. The van der Waals surface area contributed by atoms with Gasteiger partial charge in [-0.15, -0.1) is 0 Å². The van der Waals surface area contributed by atoms with Gasteiger partial charge in [-0.05, 0) is 12.8 Å². The molecule has 1 aliphatic heterocycles. The lowest BCUT2D eigenvalue weighted by Gasteiger charge is -2.33. The molecule has 1 heterocycles. The minimum atomic E-state index is -3.06. The highest BCUT2D eigenvalue weighted by Gasteiger charge is 2.54. The molecule has 0 aromatic carbocycles. The average molecular weight is 204 g/mol. The first-order valence-corrected chi connectivity index (χ1v) is 6.32. The first-order valence-electron chi connectivity index (χ1n) is 4.71. The van der Waals surface area contributed by atoms with E-state index < -0.39 is 10.0 Å². The third-order valence-corrected chi connectivity index (χ3v) is 5.57. The van der Waals surface area contributed by atoms with Crippen LogP contribution >= 0.6 is 0 Å². The Kier molecular flexibility index (Phi) is 1.94. The predicted octanol–water partition coefficient (Wildman–Crippen LogP) is -0.0983. The third-order valence-electron chi connectivity index (χ3n) is 3.59. The van der Waals surface area contributed by atoms with Crippen LogP contribution in [-0.2, 0) is 10.0 Å². The van der Waals surface area contributed by atoms with Gasteiger partial charge in [-0.3, -0.25) is 0 Å². The van der Waals surface area contributed by atoms with Gasteiger partial charge < -0.3 is 5.73 Å². The van der Waals surface area contributed by atoms with E-state index in [9.17, 15) is 8.42 Å². The molecule has 76 valence electrons. The van der Waals surface area contributed by atoms with Gasteiger partial charge in [-0.1, -0.05) is 12.8 Å². The highest BCUT2D eigenvalue weighted by molar-refractivity contribution is 7.89. The lowest BCUT2D eigenvalue weighted by Crippen LogP contribution is -2.50. The van der Waals surface area contributed by atoms with Gasteiger partial charge >= 0.3 is 0 Å². The van der Waals surface area contributed by atoms with E-state index in [4.69, 9.17) is 5.73 Å². The largest absolute Gasteiger partial charge is 0.325 e. The fourth-order valence-corrected chi connectivity index (χ4v) is 4.54. The molecule has 1 unspecified atom stereocenters. The Labute approximate surface area is 79.1 Å². The third kappa shape index (κ3) is 1.14. The molecule has 2 fully saturated rings. The normalized spacial score (nSPS) is 37.2. The molecular weight excluding hydrogens is 188 g/mol. The van der Waals surface area contributed by atoms with Gasteiger partial charge in [0, 0.05) is 13.1 Å². The van der Waals surface area contributed by atoms with E-state index in [0.717, 1.165) is 25.7 Å². The van der Waals surface area contributed by atoms with Crippen LogP contribution in [0.5, 0.6) is 0 Å². The Morgan fingerprint density at radius 1 is 1.38 bits per heavy atom. The van der Waals surface area contributed by atoms with E-state index in [1.54, 1.807) is 7.05 Å². The Morgan fingerprint density at radius 2 is 1.92 bits per heavy atom. The number of hydrogen-bond donors (Lipinski definition) is 1. The van der Waals surface area contributed by atoms with Crippen LogP contribution in [-0.4, -0.2) is 37.1 Å². The molecule has 1 saturated heterocycles. The van der Waals surface area contributed by atoms with Crippen molar-refractivity contribution in [2.75, 3.05) is 12.8 Å². The molecule has 4 nitrogen and oxygen atoms in total. The first-order chi connectivity index (χ1) is 5.99. The summed E-state index contributed by atoms with van der Waals surface area (Å²) in [4.78, 5) is 0. The second-order valence-corrected chi connectivity index (χ2v) is 6.21. The van der Waals surface area contributed by atoms with Crippen molar-refractivity contribution >= 4 is 10.0 Å². The Morgan fingerprint density at radius 3 is 2.31 bits per heavy atom. The maximum atomic E-state index is 11.6. The molecule has 0 radical (unpaired) electrons. The van der Waals surface area contributed by atoms with Crippen molar-refractivity contribution in [2.45, 2.75) is 37.3 Å². The molecule has 0 amide bonds. The van der Waals surface area contributed by atoms with Crippen molar-refractivity contribution in [1.82, 2.24) is 4.31 Å². The summed E-state index contributed by atoms with van der Waals surface area (Å²) in [6, 6.07) is -0.190. The van der Waals surface area contributed by atoms with Crippen molar-refractivity contribution in [3.8, 4) is 0 Å². The summed E-state index contributed by atoms with van der Waals surface area (Å²) in [5.74, 6) is 0.128. The van der Waals surface area contributed by atoms with E-state index in [1.165, 1.54) is 4.31 Å². The number of nitrogens with zero attached hydrogens (tertiary/aromatic N) is 1. The van der Waals surface area contributed by atoms with Crippen LogP contribution in [0.15, 0.2) is 0 Å². The zero-order valence-corrected chi connectivity index (χ0v) is 8.68. The molecule has 13 heavy (non-hydrogen) atoms. The summed E-state index contributed by atoms with van der Waals surface area (Å²) >= 11 is 0. The molecule has 0 aromatic heterocycles. The van der Waals surface area contributed by atoms with Crippen molar-refractivity contribution in [1.29, 1.82) is 0 Å². The van der Waals surface area contributed by atoms with Crippen LogP contribution in [0.25, 0.3) is 0 Å². The van der Waals surface area contributed by atoms with E-state index in [2.05, 4.69) is 0 Å². The lowest BCUT2D eigenvalue weighted by molar-refractivity contribution is 0.217. The minimum absolute atomic E-state index is 0.128. The van der Waals surface area contributed by atoms with Gasteiger partial charge in [0.1, 0.15) is 0 Å². The molecule has 1 spiro atoms. The Balaban J connectivity index is 2.39. The van der Waals surface area contributed by atoms with E-state index in [0.29, 0.717) is 0 Å². The molecule has 1 atom stereocenters. The van der Waals surface area contributed by atoms with Gasteiger partial charge in [0.15, 0.2) is 0 Å². The topological polar surface area (TPSA) is 63.4 Å². The lowest BCUT2D eigenvalue weighted by atomic mass is 9.90. The summed E-state index contributed by atoms with van der Waals surface area (Å²) in [5, 5.41) is 0. The molecule has 2 aliphatic rings. The molecule has 1 saturated carbocycles. The fraction of sp³-hybridized carbons (Fsp3) is 1.00. The molecule has 2 rings (SSSR count). The quantitative estimate of drug-likeness (QED) is 0.599. The summed E-state index contributed by atoms with van der Waals surface area (Å²) in [6.45, 7) is 0. The Hall–Kier alpha value is -0.130. The van der Waals surface area contributed by atoms with E-state index >= 15 is 0 Å². The van der Waals surface area contributed by atoms with Gasteiger partial charge in [0.2, 0.25) is 10.0 Å². The van der Waals surface area contributed by atoms with Gasteiger partial charge in [-0.25, -0.2) is 8.42 Å². The number of likely N-dealkylation sites (N-methyl/N-ethyl adjacent to an activating group) is 1. The number of sulfonamides is 1. The standard InChI is InChI=1S/C8H16N2O2S/c1-10-8(4-2-3-5-8)7(9)6-13(10,11)12/h7H,2-6,9H2,1H3. The molecule has 1 aliphatic carbocycles. The van der Waals surface area contributed by atoms with Gasteiger partial charge in [-0.2, -0.15) is 4.31 Å². The summed E-state index contributed by atoms with van der Waals surface area (Å²) in [5.41, 5.74) is 5.68. The highest BCUT2D eigenvalue weighted by atomic mass is 32.2. The van der Waals surface area contributed by atoms with Crippen molar-refractivity contribution < 1.29 is 8.42 Å². The zero-order chi connectivity index (χ0) is 9.69. The average Bonchev–Trinajstić information content (AvgIpc) is 2.55. The van der Waals surface area contributed by atoms with Crippen LogP contribution in [0.2, 0.25) is 0 Å². The molecule has 2 N–H and O–H groups in total. The number of rotatable bonds is 0. The fourth-order valence-electron chi connectivity index (χ4n) is 2.68. The summed E-state index contributed by atoms with van der Waals surface area (Å²) < 4.78 is 24.7. The van der Waals surface area contributed by atoms with Crippen molar-refractivity contribution in [3.63, 3.8) is 0 Å². The maximum absolute atomic E-state index is 11.6. The number of hydrogen-bond acceptors (Lipinski definition) is 3. The van der Waals surface area contributed by atoms with Gasteiger partial charge in [0.25, 0.3) is 0 Å². The molecular formula is C8H16N2O2S. The monoisotopic (exact) mass is 204 g/mol. The second kappa shape index (κ2) is 2.68. The van der Waals surface area contributed by atoms with E-state index in [-0.39, 0.29) is 17.3 Å². The predicted molar refractivity (Wildman–Crippen MR) is 50.7 cm³/mol. The molecule has 5 heteroatoms. The SMILES string of the molecule is CN1C2(CCCC2)C(N)CS1(=O)=O. The van der Waals surface area contributed by atoms with E-state index in [1.807, 2.05) is 0 Å². The maximum Gasteiger partial charge on any atom is 0.216 e. The van der Waals surface area contributed by atoms with Crippen molar-refractivity contribution in [3.05, 3.63) is 0 Å². The molecule has 0 bridgehead atoms. The second-order valence-electron chi connectivity index (χ2n) is 4.16. The summed E-state index contributed by atoms with van der Waals surface area (Å²) in [6.07, 6.45) is 4.08. The highest BCUT2D eigenvalue weighted by Crippen LogP contribution is 2.42. The minimum Gasteiger partial charge on any atom is -0.325 e. The zero-order valence-electron chi connectivity index (χ0n) is 7.86. The van der Waals surface area contributed by atoms with Crippen LogP contribution in [0.3, 0.4) is 0 Å². The first kappa shape index (κ1) is 9.43.